The third kappa shape index (κ3) is 4.25. The molecule has 0 saturated heterocycles. The topological polar surface area (TPSA) is 63.6 Å². The van der Waals surface area contributed by atoms with E-state index in [0.717, 1.165) is 36.8 Å². The number of aliphatic carboxylic acids is 1. The van der Waals surface area contributed by atoms with E-state index in [9.17, 15) is 14.7 Å². The molecule has 0 aliphatic heterocycles. The monoisotopic (exact) mass is 454 g/mol. The van der Waals surface area contributed by atoms with Gasteiger partial charge in [0.05, 0.1) is 11.8 Å². The summed E-state index contributed by atoms with van der Waals surface area (Å²) in [7, 11) is 0. The Kier molecular flexibility index (Phi) is 6.48. The van der Waals surface area contributed by atoms with Crippen LogP contribution in [0.5, 0.6) is 0 Å². The molecule has 2 saturated carbocycles. The maximum atomic E-state index is 13.8. The molecular formula is C30H30O4. The highest BCUT2D eigenvalue weighted by Crippen LogP contribution is 2.58. The van der Waals surface area contributed by atoms with E-state index in [1.165, 1.54) is 5.56 Å². The smallest absolute Gasteiger partial charge is 0.310 e. The second-order valence-electron chi connectivity index (χ2n) is 9.54. The lowest BCUT2D eigenvalue weighted by atomic mass is 9.52. The van der Waals surface area contributed by atoms with Crippen LogP contribution in [-0.4, -0.2) is 23.1 Å². The van der Waals surface area contributed by atoms with E-state index in [1.54, 1.807) is 0 Å². The third-order valence-corrected chi connectivity index (χ3v) is 7.67. The second kappa shape index (κ2) is 9.84. The van der Waals surface area contributed by atoms with E-state index in [0.29, 0.717) is 0 Å². The summed E-state index contributed by atoms with van der Waals surface area (Å²) in [5.74, 6) is -2.97. The Morgan fingerprint density at radius 2 is 1.12 bits per heavy atom. The highest BCUT2D eigenvalue weighted by molar-refractivity contribution is 5.84. The molecule has 4 atom stereocenters. The Labute approximate surface area is 200 Å². The minimum absolute atomic E-state index is 0.180. The van der Waals surface area contributed by atoms with Gasteiger partial charge in [0.1, 0.15) is 6.10 Å². The molecular weight excluding hydrogens is 424 g/mol. The van der Waals surface area contributed by atoms with Gasteiger partial charge in [-0.15, -0.1) is 0 Å². The molecule has 34 heavy (non-hydrogen) atoms. The minimum Gasteiger partial charge on any atom is -0.481 e. The fourth-order valence-electron chi connectivity index (χ4n) is 6.08. The number of carbonyl (C=O) groups excluding carboxylic acids is 1. The lowest BCUT2D eigenvalue weighted by molar-refractivity contribution is -0.170. The van der Waals surface area contributed by atoms with E-state index >= 15 is 0 Å². The van der Waals surface area contributed by atoms with Crippen LogP contribution in [0.2, 0.25) is 0 Å². The Bertz CT molecular complexity index is 1060. The predicted octanol–water partition coefficient (Wildman–Crippen LogP) is 6.15. The zero-order valence-corrected chi connectivity index (χ0v) is 19.1. The Morgan fingerprint density at radius 3 is 1.62 bits per heavy atom. The third-order valence-electron chi connectivity index (χ3n) is 7.67. The summed E-state index contributed by atoms with van der Waals surface area (Å²) in [6.07, 6.45) is 3.81. The number of hydrogen-bond donors (Lipinski definition) is 1. The quantitative estimate of drug-likeness (QED) is 0.454. The van der Waals surface area contributed by atoms with Crippen molar-refractivity contribution in [2.24, 2.45) is 11.8 Å². The van der Waals surface area contributed by atoms with Crippen molar-refractivity contribution in [2.45, 2.75) is 49.5 Å². The molecule has 0 heterocycles. The summed E-state index contributed by atoms with van der Waals surface area (Å²) in [6, 6.07) is 29.4. The van der Waals surface area contributed by atoms with Gasteiger partial charge in [0.25, 0.3) is 0 Å². The summed E-state index contributed by atoms with van der Waals surface area (Å²) in [5, 5.41) is 10.2. The van der Waals surface area contributed by atoms with E-state index < -0.39 is 29.6 Å². The molecule has 2 fully saturated rings. The normalized spacial score (nSPS) is 28.5. The van der Waals surface area contributed by atoms with Gasteiger partial charge in [0.2, 0.25) is 0 Å². The van der Waals surface area contributed by atoms with E-state index in [1.807, 2.05) is 78.9 Å². The lowest BCUT2D eigenvalue weighted by Gasteiger charge is -2.49. The molecule has 0 unspecified atom stereocenters. The molecule has 0 spiro atoms. The first kappa shape index (κ1) is 22.4. The summed E-state index contributed by atoms with van der Waals surface area (Å²) < 4.78 is 6.26. The van der Waals surface area contributed by atoms with E-state index in [-0.39, 0.29) is 18.0 Å². The van der Waals surface area contributed by atoms with Crippen molar-refractivity contribution >= 4 is 11.9 Å². The zero-order valence-electron chi connectivity index (χ0n) is 19.1. The summed E-state index contributed by atoms with van der Waals surface area (Å²) in [4.78, 5) is 26.2. The minimum atomic E-state index is -0.869. The van der Waals surface area contributed by atoms with E-state index in [2.05, 4.69) is 12.1 Å². The van der Waals surface area contributed by atoms with Crippen molar-refractivity contribution in [1.82, 2.24) is 0 Å². The SMILES string of the molecule is O=C(O)C1[C@@H](c2ccccc2)C(C(=O)O[C@H]2CCCC[C@@H]2c2ccccc2)[C@@H]1c1ccccc1. The highest BCUT2D eigenvalue weighted by atomic mass is 16.5. The molecule has 3 aromatic carbocycles. The molecule has 2 aliphatic rings. The summed E-state index contributed by atoms with van der Waals surface area (Å²) >= 11 is 0. The maximum Gasteiger partial charge on any atom is 0.310 e. The molecule has 0 amide bonds. The highest BCUT2D eigenvalue weighted by Gasteiger charge is 2.59. The van der Waals surface area contributed by atoms with Crippen molar-refractivity contribution in [1.29, 1.82) is 0 Å². The number of esters is 1. The number of benzene rings is 3. The fraction of sp³-hybridized carbons (Fsp3) is 0.333. The van der Waals surface area contributed by atoms with Gasteiger partial charge in [0, 0.05) is 17.8 Å². The first-order valence-corrected chi connectivity index (χ1v) is 12.2. The number of rotatable bonds is 6. The van der Waals surface area contributed by atoms with Crippen LogP contribution in [-0.2, 0) is 14.3 Å². The van der Waals surface area contributed by atoms with Gasteiger partial charge in [-0.3, -0.25) is 9.59 Å². The van der Waals surface area contributed by atoms with E-state index in [4.69, 9.17) is 4.74 Å². The van der Waals surface area contributed by atoms with Crippen molar-refractivity contribution in [2.75, 3.05) is 0 Å². The first-order valence-electron chi connectivity index (χ1n) is 12.2. The largest absolute Gasteiger partial charge is 0.481 e. The van der Waals surface area contributed by atoms with Crippen molar-refractivity contribution in [3.8, 4) is 0 Å². The lowest BCUT2D eigenvalue weighted by Crippen LogP contribution is -2.52. The molecule has 0 aromatic heterocycles. The maximum absolute atomic E-state index is 13.8. The zero-order chi connectivity index (χ0) is 23.5. The van der Waals surface area contributed by atoms with Gasteiger partial charge in [-0.25, -0.2) is 0 Å². The molecule has 4 nitrogen and oxygen atoms in total. The predicted molar refractivity (Wildman–Crippen MR) is 131 cm³/mol. The van der Waals surface area contributed by atoms with Gasteiger partial charge in [-0.1, -0.05) is 97.4 Å². The van der Waals surface area contributed by atoms with Gasteiger partial charge < -0.3 is 9.84 Å². The average Bonchev–Trinajstić information content (AvgIpc) is 2.85. The number of carbonyl (C=O) groups is 2. The molecule has 174 valence electrons. The summed E-state index contributed by atoms with van der Waals surface area (Å²) in [6.45, 7) is 0. The molecule has 3 aromatic rings. The Morgan fingerprint density at radius 1 is 0.647 bits per heavy atom. The molecule has 5 rings (SSSR count). The van der Waals surface area contributed by atoms with Crippen LogP contribution in [0.25, 0.3) is 0 Å². The van der Waals surface area contributed by atoms with Crippen LogP contribution < -0.4 is 0 Å². The van der Waals surface area contributed by atoms with Crippen LogP contribution in [0.3, 0.4) is 0 Å². The van der Waals surface area contributed by atoms with Crippen LogP contribution >= 0.6 is 0 Å². The van der Waals surface area contributed by atoms with Gasteiger partial charge in [-0.2, -0.15) is 0 Å². The first-order chi connectivity index (χ1) is 16.6. The standard InChI is InChI=1S/C30H30O4/c31-29(32)27-25(21-14-6-2-7-15-21)28(26(27)22-16-8-3-9-17-22)30(33)34-24-19-11-10-18-23(24)20-12-4-1-5-13-20/h1-9,12-17,23-28H,10-11,18-19H2,(H,31,32)/t23-,24+,25-,26-,27?,28?/m1/s1. The molecule has 1 N–H and O–H groups in total. The number of ether oxygens (including phenoxy) is 1. The van der Waals surface area contributed by atoms with Gasteiger partial charge >= 0.3 is 11.9 Å². The van der Waals surface area contributed by atoms with Crippen LogP contribution in [0, 0.1) is 11.8 Å². The van der Waals surface area contributed by atoms with Crippen molar-refractivity contribution in [3.05, 3.63) is 108 Å². The van der Waals surface area contributed by atoms with Crippen LogP contribution in [0.15, 0.2) is 91.0 Å². The number of hydrogen-bond acceptors (Lipinski definition) is 3. The summed E-state index contributed by atoms with van der Waals surface area (Å²) in [5.41, 5.74) is 2.97. The second-order valence-corrected chi connectivity index (χ2v) is 9.54. The van der Waals surface area contributed by atoms with Crippen molar-refractivity contribution in [3.63, 3.8) is 0 Å². The average molecular weight is 455 g/mol. The van der Waals surface area contributed by atoms with Crippen LogP contribution in [0.1, 0.15) is 60.1 Å². The number of carboxylic acids is 1. The van der Waals surface area contributed by atoms with Gasteiger partial charge in [-0.05, 0) is 36.0 Å². The van der Waals surface area contributed by atoms with Crippen LogP contribution in [0.4, 0.5) is 0 Å². The molecule has 0 bridgehead atoms. The molecule has 4 heteroatoms. The molecule has 2 aliphatic carbocycles. The fourth-order valence-corrected chi connectivity index (χ4v) is 6.08. The molecule has 0 radical (unpaired) electrons. The Balaban J connectivity index is 1.46. The number of carboxylic acid groups (broad SMARTS) is 1. The Hall–Kier alpha value is -3.40. The van der Waals surface area contributed by atoms with Crippen molar-refractivity contribution < 1.29 is 19.4 Å². The van der Waals surface area contributed by atoms with Gasteiger partial charge in [0.15, 0.2) is 0 Å².